The van der Waals surface area contributed by atoms with Gasteiger partial charge in [0, 0.05) is 0 Å². The average Bonchev–Trinajstić information content (AvgIpc) is 3.40. The fraction of sp³-hybridized carbons (Fsp3) is 0.0270. The maximum absolute atomic E-state index is 14.7. The molecule has 0 saturated carbocycles. The van der Waals surface area contributed by atoms with Crippen molar-refractivity contribution in [2.75, 3.05) is 0 Å². The van der Waals surface area contributed by atoms with Gasteiger partial charge < -0.3 is 0 Å². The highest BCUT2D eigenvalue weighted by molar-refractivity contribution is 5.86. The van der Waals surface area contributed by atoms with E-state index in [1.54, 1.807) is 12.1 Å². The van der Waals surface area contributed by atoms with Crippen molar-refractivity contribution in [2.24, 2.45) is 0 Å². The molecule has 0 nitrogen and oxygen atoms in total. The summed E-state index contributed by atoms with van der Waals surface area (Å²) in [7, 11) is 0. The van der Waals surface area contributed by atoms with Crippen LogP contribution in [0.1, 0.15) is 22.3 Å². The molecule has 0 unspecified atom stereocenters. The second-order valence-corrected chi connectivity index (χ2v) is 10.9. The van der Waals surface area contributed by atoms with Crippen LogP contribution in [0.25, 0.3) is 33.4 Å². The Kier molecular flexibility index (Phi) is 7.00. The van der Waals surface area contributed by atoms with Crippen molar-refractivity contribution in [1.82, 2.24) is 0 Å². The van der Waals surface area contributed by atoms with E-state index in [1.807, 2.05) is 36.4 Å². The highest BCUT2D eigenvalue weighted by Gasteiger charge is 2.46. The molecule has 6 aromatic carbocycles. The molecule has 0 aromatic heterocycles. The van der Waals surface area contributed by atoms with E-state index in [9.17, 15) is 43.9 Å². The molecule has 1 aliphatic carbocycles. The molecular formula is C37H16F10. The molecule has 10 heteroatoms. The number of benzene rings is 6. The second-order valence-electron chi connectivity index (χ2n) is 10.9. The Balaban J connectivity index is 1.46. The zero-order chi connectivity index (χ0) is 33.4. The minimum atomic E-state index is -2.28. The Morgan fingerprint density at radius 3 is 0.894 bits per heavy atom. The molecule has 0 bridgehead atoms. The van der Waals surface area contributed by atoms with E-state index in [0.29, 0.717) is 22.3 Å². The predicted molar refractivity (Wildman–Crippen MR) is 154 cm³/mol. The van der Waals surface area contributed by atoms with Crippen molar-refractivity contribution < 1.29 is 43.9 Å². The van der Waals surface area contributed by atoms with Crippen molar-refractivity contribution in [3.8, 4) is 33.4 Å². The van der Waals surface area contributed by atoms with Crippen LogP contribution in [-0.4, -0.2) is 0 Å². The van der Waals surface area contributed by atoms with Gasteiger partial charge in [0.2, 0.25) is 11.6 Å². The van der Waals surface area contributed by atoms with Crippen molar-refractivity contribution in [3.63, 3.8) is 0 Å². The number of halogens is 10. The zero-order valence-electron chi connectivity index (χ0n) is 23.5. The molecule has 0 amide bonds. The Morgan fingerprint density at radius 2 is 0.574 bits per heavy atom. The van der Waals surface area contributed by atoms with Gasteiger partial charge in [0.05, 0.1) is 16.5 Å². The first-order valence-electron chi connectivity index (χ1n) is 13.9. The molecule has 0 heterocycles. The van der Waals surface area contributed by atoms with E-state index in [4.69, 9.17) is 0 Å². The Morgan fingerprint density at radius 1 is 0.298 bits per heavy atom. The quantitative estimate of drug-likeness (QED) is 0.101. The van der Waals surface area contributed by atoms with Crippen LogP contribution in [0.3, 0.4) is 0 Å². The van der Waals surface area contributed by atoms with Gasteiger partial charge in [-0.3, -0.25) is 0 Å². The Hall–Kier alpha value is -5.38. The van der Waals surface area contributed by atoms with Gasteiger partial charge in [0.1, 0.15) is 0 Å². The van der Waals surface area contributed by atoms with Crippen molar-refractivity contribution in [2.45, 2.75) is 5.41 Å². The molecule has 0 N–H and O–H groups in total. The lowest BCUT2D eigenvalue weighted by molar-refractivity contribution is 0.381. The molecule has 0 atom stereocenters. The molecule has 0 spiro atoms. The monoisotopic (exact) mass is 650 g/mol. The largest absolute Gasteiger partial charge is 0.203 e. The van der Waals surface area contributed by atoms with Crippen molar-refractivity contribution in [3.05, 3.63) is 177 Å². The Labute approximate surface area is 260 Å². The van der Waals surface area contributed by atoms with Gasteiger partial charge in [-0.1, -0.05) is 97.1 Å². The molecule has 0 aliphatic heterocycles. The fourth-order valence-corrected chi connectivity index (χ4v) is 6.51. The van der Waals surface area contributed by atoms with Gasteiger partial charge in [-0.15, -0.1) is 0 Å². The zero-order valence-corrected chi connectivity index (χ0v) is 23.5. The molecule has 1 aliphatic rings. The summed E-state index contributed by atoms with van der Waals surface area (Å²) in [5.41, 5.74) is -0.0247. The van der Waals surface area contributed by atoms with E-state index < -0.39 is 74.7 Å². The first kappa shape index (κ1) is 30.3. The van der Waals surface area contributed by atoms with Crippen LogP contribution in [0, 0.1) is 58.2 Å². The fourth-order valence-electron chi connectivity index (χ4n) is 6.51. The highest BCUT2D eigenvalue weighted by atomic mass is 19.2. The lowest BCUT2D eigenvalue weighted by Crippen LogP contribution is -2.28. The molecule has 0 radical (unpaired) electrons. The van der Waals surface area contributed by atoms with Gasteiger partial charge in [-0.25, -0.2) is 43.9 Å². The summed E-state index contributed by atoms with van der Waals surface area (Å²) in [6.45, 7) is 0. The molecule has 7 rings (SSSR count). The van der Waals surface area contributed by atoms with E-state index >= 15 is 0 Å². The van der Waals surface area contributed by atoms with E-state index in [2.05, 4.69) is 0 Å². The highest BCUT2D eigenvalue weighted by Crippen LogP contribution is 2.56. The van der Waals surface area contributed by atoms with Crippen LogP contribution in [0.4, 0.5) is 43.9 Å². The lowest BCUT2D eigenvalue weighted by Gasteiger charge is -2.34. The van der Waals surface area contributed by atoms with Gasteiger partial charge >= 0.3 is 0 Å². The van der Waals surface area contributed by atoms with E-state index in [-0.39, 0.29) is 11.1 Å². The third-order valence-electron chi connectivity index (χ3n) is 8.59. The standard InChI is InChI=1S/C37H16F10/c38-27-25(28(39)32(43)35(46)31(27)42)17-9-13-19(14-10-17)37(23-7-3-1-5-21(23)22-6-2-4-8-24(22)37)20-15-11-18(12-16-20)26-29(40)33(44)36(47)34(45)30(26)41/h1-16H. The Bertz CT molecular complexity index is 2020. The van der Waals surface area contributed by atoms with Crippen LogP contribution < -0.4 is 0 Å². The van der Waals surface area contributed by atoms with Crippen molar-refractivity contribution in [1.29, 1.82) is 0 Å². The lowest BCUT2D eigenvalue weighted by atomic mass is 9.67. The van der Waals surface area contributed by atoms with Gasteiger partial charge in [-0.2, -0.15) is 0 Å². The molecule has 47 heavy (non-hydrogen) atoms. The van der Waals surface area contributed by atoms with Crippen LogP contribution in [-0.2, 0) is 5.41 Å². The van der Waals surface area contributed by atoms with E-state index in [0.717, 1.165) is 11.1 Å². The molecule has 6 aromatic rings. The average molecular weight is 651 g/mol. The summed E-state index contributed by atoms with van der Waals surface area (Å²) in [4.78, 5) is 0. The van der Waals surface area contributed by atoms with Crippen molar-refractivity contribution >= 4 is 0 Å². The maximum Gasteiger partial charge on any atom is 0.200 e. The third kappa shape index (κ3) is 4.16. The SMILES string of the molecule is Fc1c(F)c(F)c(-c2ccc(C3(c4ccc(-c5c(F)c(F)c(F)c(F)c5F)cc4)c4ccccc4-c4ccccc43)cc2)c(F)c1F. The predicted octanol–water partition coefficient (Wildman–Crippen LogP) is 10.8. The number of rotatable bonds is 4. The normalized spacial score (nSPS) is 13.1. The summed E-state index contributed by atoms with van der Waals surface area (Å²) < 4.78 is 142. The van der Waals surface area contributed by atoms with E-state index in [1.165, 1.54) is 48.5 Å². The molecular weight excluding hydrogens is 634 g/mol. The first-order chi connectivity index (χ1) is 22.5. The van der Waals surface area contributed by atoms with Crippen LogP contribution in [0.5, 0.6) is 0 Å². The summed E-state index contributed by atoms with van der Waals surface area (Å²) in [6, 6.07) is 25.2. The topological polar surface area (TPSA) is 0 Å². The van der Waals surface area contributed by atoms with Crippen LogP contribution in [0.2, 0.25) is 0 Å². The molecule has 234 valence electrons. The number of hydrogen-bond acceptors (Lipinski definition) is 0. The first-order valence-corrected chi connectivity index (χ1v) is 13.9. The third-order valence-corrected chi connectivity index (χ3v) is 8.59. The minimum absolute atomic E-state index is 0.294. The molecule has 0 fully saturated rings. The van der Waals surface area contributed by atoms with Gasteiger partial charge in [-0.05, 0) is 44.5 Å². The van der Waals surface area contributed by atoms with Crippen LogP contribution >= 0.6 is 0 Å². The second kappa shape index (κ2) is 10.9. The summed E-state index contributed by atoms with van der Waals surface area (Å²) in [5.74, 6) is -20.9. The number of fused-ring (bicyclic) bond motifs is 3. The van der Waals surface area contributed by atoms with Gasteiger partial charge in [0.25, 0.3) is 0 Å². The number of hydrogen-bond donors (Lipinski definition) is 0. The minimum Gasteiger partial charge on any atom is -0.203 e. The maximum atomic E-state index is 14.7. The summed E-state index contributed by atoms with van der Waals surface area (Å²) in [5, 5.41) is 0. The summed E-state index contributed by atoms with van der Waals surface area (Å²) >= 11 is 0. The molecule has 0 saturated heterocycles. The smallest absolute Gasteiger partial charge is 0.200 e. The van der Waals surface area contributed by atoms with Gasteiger partial charge in [0.15, 0.2) is 46.5 Å². The summed E-state index contributed by atoms with van der Waals surface area (Å²) in [6.07, 6.45) is 0. The van der Waals surface area contributed by atoms with Crippen LogP contribution in [0.15, 0.2) is 97.1 Å².